The summed E-state index contributed by atoms with van der Waals surface area (Å²) in [4.78, 5) is 11.0. The van der Waals surface area contributed by atoms with Gasteiger partial charge in [-0.1, -0.05) is 26.2 Å². The lowest BCUT2D eigenvalue weighted by Crippen LogP contribution is -2.27. The molecule has 0 heterocycles. The first kappa shape index (κ1) is 9.56. The zero-order valence-electron chi connectivity index (χ0n) is 7.97. The zero-order valence-corrected chi connectivity index (χ0v) is 7.97. The molecular formula is C10H18O2. The fourth-order valence-electron chi connectivity index (χ4n) is 1.81. The molecule has 1 atom stereocenters. The third kappa shape index (κ3) is 2.23. The van der Waals surface area contributed by atoms with E-state index in [2.05, 4.69) is 0 Å². The Morgan fingerprint density at radius 1 is 1.58 bits per heavy atom. The molecule has 0 aliphatic heterocycles. The lowest BCUT2D eigenvalue weighted by atomic mass is 9.81. The number of carboxylic acids is 1. The van der Waals surface area contributed by atoms with E-state index in [1.807, 2.05) is 13.8 Å². The van der Waals surface area contributed by atoms with Crippen molar-refractivity contribution in [1.82, 2.24) is 0 Å². The Bertz CT molecular complexity index is 173. The maximum Gasteiger partial charge on any atom is 0.309 e. The minimum atomic E-state index is -0.615. The van der Waals surface area contributed by atoms with E-state index < -0.39 is 11.4 Å². The fourth-order valence-corrected chi connectivity index (χ4v) is 1.81. The lowest BCUT2D eigenvalue weighted by molar-refractivity contribution is -0.149. The summed E-state index contributed by atoms with van der Waals surface area (Å²) >= 11 is 0. The molecule has 0 aromatic carbocycles. The molecule has 1 aliphatic carbocycles. The molecule has 2 heteroatoms. The molecule has 0 aromatic rings. The second-order valence-electron chi connectivity index (χ2n) is 4.26. The van der Waals surface area contributed by atoms with Crippen molar-refractivity contribution < 1.29 is 9.90 Å². The molecule has 12 heavy (non-hydrogen) atoms. The molecule has 1 rings (SSSR count). The topological polar surface area (TPSA) is 37.3 Å². The zero-order chi connectivity index (χ0) is 9.19. The molecule has 1 fully saturated rings. The summed E-state index contributed by atoms with van der Waals surface area (Å²) in [5, 5.41) is 9.04. The van der Waals surface area contributed by atoms with Crippen molar-refractivity contribution in [2.75, 3.05) is 0 Å². The van der Waals surface area contributed by atoms with E-state index in [1.165, 1.54) is 12.8 Å². The maximum atomic E-state index is 11.0. The van der Waals surface area contributed by atoms with Gasteiger partial charge in [0.15, 0.2) is 0 Å². The first-order valence-electron chi connectivity index (χ1n) is 4.82. The first-order chi connectivity index (χ1) is 5.58. The van der Waals surface area contributed by atoms with Crippen LogP contribution in [0.5, 0.6) is 0 Å². The quantitative estimate of drug-likeness (QED) is 0.688. The molecule has 1 unspecified atom stereocenters. The highest BCUT2D eigenvalue weighted by Crippen LogP contribution is 2.42. The summed E-state index contributed by atoms with van der Waals surface area (Å²) in [5.41, 5.74) is -0.448. The Morgan fingerprint density at radius 3 is 2.50 bits per heavy atom. The SMILES string of the molecule is CCCC(C)(CC1CC1)C(=O)O. The Balaban J connectivity index is 2.49. The number of rotatable bonds is 5. The number of carboxylic acid groups (broad SMARTS) is 1. The molecule has 0 amide bonds. The van der Waals surface area contributed by atoms with Crippen LogP contribution in [0.15, 0.2) is 0 Å². The fraction of sp³-hybridized carbons (Fsp3) is 0.900. The van der Waals surface area contributed by atoms with Gasteiger partial charge in [-0.3, -0.25) is 4.79 Å². The van der Waals surface area contributed by atoms with Gasteiger partial charge in [0, 0.05) is 0 Å². The average molecular weight is 170 g/mol. The highest BCUT2D eigenvalue weighted by atomic mass is 16.4. The van der Waals surface area contributed by atoms with Crippen molar-refractivity contribution in [3.63, 3.8) is 0 Å². The summed E-state index contributed by atoms with van der Waals surface area (Å²) in [6.45, 7) is 3.94. The van der Waals surface area contributed by atoms with Crippen LogP contribution >= 0.6 is 0 Å². The van der Waals surface area contributed by atoms with Crippen LogP contribution in [-0.2, 0) is 4.79 Å². The molecule has 1 aliphatic rings. The van der Waals surface area contributed by atoms with Crippen LogP contribution in [0.1, 0.15) is 46.0 Å². The van der Waals surface area contributed by atoms with E-state index in [1.54, 1.807) is 0 Å². The second kappa shape index (κ2) is 3.46. The molecule has 0 bridgehead atoms. The van der Waals surface area contributed by atoms with Gasteiger partial charge in [0.05, 0.1) is 5.41 Å². The summed E-state index contributed by atoms with van der Waals surface area (Å²) in [6, 6.07) is 0. The average Bonchev–Trinajstić information content (AvgIpc) is 2.71. The van der Waals surface area contributed by atoms with Crippen molar-refractivity contribution in [1.29, 1.82) is 0 Å². The molecular weight excluding hydrogens is 152 g/mol. The second-order valence-corrected chi connectivity index (χ2v) is 4.26. The predicted molar refractivity (Wildman–Crippen MR) is 48.0 cm³/mol. The van der Waals surface area contributed by atoms with Crippen LogP contribution in [0.2, 0.25) is 0 Å². The van der Waals surface area contributed by atoms with Gasteiger partial charge in [-0.15, -0.1) is 0 Å². The third-order valence-electron chi connectivity index (χ3n) is 2.75. The number of carbonyl (C=O) groups is 1. The molecule has 1 saturated carbocycles. The Kier molecular flexibility index (Phi) is 2.76. The van der Waals surface area contributed by atoms with Crippen molar-refractivity contribution in [2.45, 2.75) is 46.0 Å². The van der Waals surface area contributed by atoms with Crippen LogP contribution in [0, 0.1) is 11.3 Å². The Labute approximate surface area is 74.0 Å². The van der Waals surface area contributed by atoms with Gasteiger partial charge in [0.1, 0.15) is 0 Å². The third-order valence-corrected chi connectivity index (χ3v) is 2.75. The van der Waals surface area contributed by atoms with Gasteiger partial charge in [0.25, 0.3) is 0 Å². The van der Waals surface area contributed by atoms with Gasteiger partial charge in [-0.2, -0.15) is 0 Å². The first-order valence-corrected chi connectivity index (χ1v) is 4.82. The highest BCUT2D eigenvalue weighted by Gasteiger charge is 2.38. The summed E-state index contributed by atoms with van der Waals surface area (Å²) in [6.07, 6.45) is 5.16. The largest absolute Gasteiger partial charge is 0.481 e. The molecule has 0 radical (unpaired) electrons. The van der Waals surface area contributed by atoms with Gasteiger partial charge >= 0.3 is 5.97 Å². The minimum Gasteiger partial charge on any atom is -0.481 e. The van der Waals surface area contributed by atoms with Crippen LogP contribution in [0.3, 0.4) is 0 Å². The lowest BCUT2D eigenvalue weighted by Gasteiger charge is -2.23. The standard InChI is InChI=1S/C10H18O2/c1-3-6-10(2,9(11)12)7-8-4-5-8/h8H,3-7H2,1-2H3,(H,11,12). The van der Waals surface area contributed by atoms with Crippen LogP contribution in [0.25, 0.3) is 0 Å². The number of hydrogen-bond donors (Lipinski definition) is 1. The highest BCUT2D eigenvalue weighted by molar-refractivity contribution is 5.74. The molecule has 0 aromatic heterocycles. The molecule has 0 saturated heterocycles. The van der Waals surface area contributed by atoms with E-state index in [9.17, 15) is 4.79 Å². The number of aliphatic carboxylic acids is 1. The van der Waals surface area contributed by atoms with Gasteiger partial charge in [0.2, 0.25) is 0 Å². The van der Waals surface area contributed by atoms with Crippen molar-refractivity contribution in [2.24, 2.45) is 11.3 Å². The van der Waals surface area contributed by atoms with E-state index in [4.69, 9.17) is 5.11 Å². The van der Waals surface area contributed by atoms with E-state index in [0.29, 0.717) is 5.92 Å². The predicted octanol–water partition coefficient (Wildman–Crippen LogP) is 2.68. The van der Waals surface area contributed by atoms with Crippen LogP contribution < -0.4 is 0 Å². The Morgan fingerprint density at radius 2 is 2.17 bits per heavy atom. The molecule has 2 nitrogen and oxygen atoms in total. The van der Waals surface area contributed by atoms with Gasteiger partial charge < -0.3 is 5.11 Å². The van der Waals surface area contributed by atoms with Crippen molar-refractivity contribution in [3.8, 4) is 0 Å². The minimum absolute atomic E-state index is 0.448. The van der Waals surface area contributed by atoms with Crippen LogP contribution in [0.4, 0.5) is 0 Å². The van der Waals surface area contributed by atoms with Crippen molar-refractivity contribution >= 4 is 5.97 Å². The van der Waals surface area contributed by atoms with Gasteiger partial charge in [-0.25, -0.2) is 0 Å². The van der Waals surface area contributed by atoms with E-state index in [0.717, 1.165) is 19.3 Å². The molecule has 70 valence electrons. The van der Waals surface area contributed by atoms with Crippen LogP contribution in [-0.4, -0.2) is 11.1 Å². The van der Waals surface area contributed by atoms with E-state index >= 15 is 0 Å². The Hall–Kier alpha value is -0.530. The summed E-state index contributed by atoms with van der Waals surface area (Å²) in [5.74, 6) is 0.0916. The van der Waals surface area contributed by atoms with Gasteiger partial charge in [-0.05, 0) is 25.7 Å². The smallest absolute Gasteiger partial charge is 0.309 e. The summed E-state index contributed by atoms with van der Waals surface area (Å²) in [7, 11) is 0. The maximum absolute atomic E-state index is 11.0. The normalized spacial score (nSPS) is 21.8. The molecule has 1 N–H and O–H groups in total. The number of hydrogen-bond acceptors (Lipinski definition) is 1. The van der Waals surface area contributed by atoms with E-state index in [-0.39, 0.29) is 0 Å². The molecule has 0 spiro atoms. The monoisotopic (exact) mass is 170 g/mol. The summed E-state index contributed by atoms with van der Waals surface area (Å²) < 4.78 is 0. The van der Waals surface area contributed by atoms with Crippen molar-refractivity contribution in [3.05, 3.63) is 0 Å².